The summed E-state index contributed by atoms with van der Waals surface area (Å²) in [5.74, 6) is 2.88. The maximum Gasteiger partial charge on any atom is 0.233 e. The second-order valence-corrected chi connectivity index (χ2v) is 9.88. The molecule has 1 saturated heterocycles. The van der Waals surface area contributed by atoms with Crippen LogP contribution in [0.1, 0.15) is 49.8 Å². The van der Waals surface area contributed by atoms with Crippen LogP contribution in [0.25, 0.3) is 11.4 Å². The van der Waals surface area contributed by atoms with Crippen molar-refractivity contribution >= 4 is 17.7 Å². The van der Waals surface area contributed by atoms with Gasteiger partial charge in [0.15, 0.2) is 22.5 Å². The molecule has 2 aliphatic heterocycles. The molecule has 1 saturated carbocycles. The zero-order valence-corrected chi connectivity index (χ0v) is 19.7. The van der Waals surface area contributed by atoms with Crippen LogP contribution >= 0.6 is 11.8 Å². The Morgan fingerprint density at radius 3 is 2.76 bits per heavy atom. The van der Waals surface area contributed by atoms with Gasteiger partial charge in [-0.25, -0.2) is 0 Å². The van der Waals surface area contributed by atoms with Crippen LogP contribution in [0.2, 0.25) is 0 Å². The Labute approximate surface area is 202 Å². The van der Waals surface area contributed by atoms with E-state index in [-0.39, 0.29) is 11.9 Å². The van der Waals surface area contributed by atoms with Gasteiger partial charge in [-0.2, -0.15) is 0 Å². The monoisotopic (exact) mass is 477 g/mol. The molecule has 0 spiro atoms. The van der Waals surface area contributed by atoms with Crippen LogP contribution in [-0.4, -0.2) is 56.1 Å². The number of likely N-dealkylation sites (tertiary alicyclic amines) is 1. The third-order valence-electron chi connectivity index (χ3n) is 6.55. The molecule has 2 fully saturated rings. The average molecular weight is 478 g/mol. The van der Waals surface area contributed by atoms with Crippen LogP contribution < -0.4 is 9.47 Å². The van der Waals surface area contributed by atoms with Crippen molar-refractivity contribution in [3.8, 4) is 22.9 Å². The van der Waals surface area contributed by atoms with E-state index < -0.39 is 0 Å². The molecular weight excluding hydrogens is 450 g/mol. The van der Waals surface area contributed by atoms with Gasteiger partial charge in [-0.1, -0.05) is 17.8 Å². The van der Waals surface area contributed by atoms with Crippen molar-refractivity contribution in [2.24, 2.45) is 0 Å². The van der Waals surface area contributed by atoms with E-state index in [4.69, 9.17) is 9.47 Å². The molecule has 34 heavy (non-hydrogen) atoms. The maximum absolute atomic E-state index is 13.3. The summed E-state index contributed by atoms with van der Waals surface area (Å²) in [4.78, 5) is 19.5. The quantitative estimate of drug-likeness (QED) is 0.490. The number of hydrogen-bond donors (Lipinski definition) is 0. The van der Waals surface area contributed by atoms with E-state index in [1.807, 2.05) is 35.4 Å². The van der Waals surface area contributed by atoms with Crippen molar-refractivity contribution in [1.82, 2.24) is 24.6 Å². The predicted octanol–water partition coefficient (Wildman–Crippen LogP) is 4.29. The second kappa shape index (κ2) is 9.29. The third-order valence-corrected chi connectivity index (χ3v) is 7.48. The van der Waals surface area contributed by atoms with Crippen molar-refractivity contribution in [1.29, 1.82) is 0 Å². The molecule has 1 amide bonds. The van der Waals surface area contributed by atoms with Crippen LogP contribution in [0.4, 0.5) is 0 Å². The minimum absolute atomic E-state index is 0.0671. The van der Waals surface area contributed by atoms with Crippen LogP contribution in [0.3, 0.4) is 0 Å². The molecule has 9 heteroatoms. The normalized spacial score (nSPS) is 19.8. The van der Waals surface area contributed by atoms with E-state index in [2.05, 4.69) is 25.8 Å². The van der Waals surface area contributed by atoms with E-state index in [1.54, 1.807) is 6.20 Å². The molecule has 2 aromatic heterocycles. The minimum Gasteiger partial charge on any atom is -0.490 e. The van der Waals surface area contributed by atoms with Gasteiger partial charge < -0.3 is 14.4 Å². The van der Waals surface area contributed by atoms with Crippen LogP contribution in [-0.2, 0) is 4.79 Å². The van der Waals surface area contributed by atoms with Gasteiger partial charge >= 0.3 is 0 Å². The van der Waals surface area contributed by atoms with Gasteiger partial charge in [-0.15, -0.1) is 10.2 Å². The Kier molecular flexibility index (Phi) is 5.86. The molecule has 1 aliphatic carbocycles. The highest BCUT2D eigenvalue weighted by molar-refractivity contribution is 7.99. The Hall–Kier alpha value is -3.07. The molecule has 1 aromatic carbocycles. The number of hydrogen-bond acceptors (Lipinski definition) is 7. The van der Waals surface area contributed by atoms with Crippen molar-refractivity contribution in [2.45, 2.75) is 49.3 Å². The molecule has 0 radical (unpaired) electrons. The molecular formula is C25H27N5O3S. The van der Waals surface area contributed by atoms with Crippen molar-refractivity contribution < 1.29 is 14.3 Å². The third kappa shape index (κ3) is 4.24. The molecule has 176 valence electrons. The highest BCUT2D eigenvalue weighted by Crippen LogP contribution is 2.42. The number of pyridine rings is 1. The molecule has 0 N–H and O–H groups in total. The molecule has 3 aliphatic rings. The lowest BCUT2D eigenvalue weighted by atomic mass is 10.0. The van der Waals surface area contributed by atoms with E-state index in [0.717, 1.165) is 72.3 Å². The minimum atomic E-state index is 0.0671. The molecule has 8 nitrogen and oxygen atoms in total. The number of nitrogens with zero attached hydrogens (tertiary/aromatic N) is 5. The van der Waals surface area contributed by atoms with Crippen LogP contribution in [0.15, 0.2) is 47.9 Å². The average Bonchev–Trinajstić information content (AvgIpc) is 3.51. The number of aromatic nitrogens is 4. The first-order chi connectivity index (χ1) is 16.8. The zero-order chi connectivity index (χ0) is 22.9. The van der Waals surface area contributed by atoms with Crippen LogP contribution in [0.5, 0.6) is 11.5 Å². The molecule has 0 bridgehead atoms. The number of fused-ring (bicyclic) bond motifs is 1. The van der Waals surface area contributed by atoms with Crippen molar-refractivity contribution in [3.63, 3.8) is 0 Å². The van der Waals surface area contributed by atoms with Gasteiger partial charge in [0.05, 0.1) is 25.0 Å². The summed E-state index contributed by atoms with van der Waals surface area (Å²) >= 11 is 1.48. The molecule has 6 rings (SSSR count). The fourth-order valence-electron chi connectivity index (χ4n) is 4.74. The lowest BCUT2D eigenvalue weighted by Crippen LogP contribution is -2.32. The Balaban J connectivity index is 1.17. The lowest BCUT2D eigenvalue weighted by Gasteiger charge is -2.25. The number of carbonyl (C=O) groups excluding carboxylic acids is 1. The first-order valence-electron chi connectivity index (χ1n) is 11.9. The van der Waals surface area contributed by atoms with E-state index in [1.165, 1.54) is 11.8 Å². The molecule has 4 heterocycles. The van der Waals surface area contributed by atoms with Crippen LogP contribution in [0, 0.1) is 0 Å². The Morgan fingerprint density at radius 1 is 1.06 bits per heavy atom. The fourth-order valence-corrected chi connectivity index (χ4v) is 5.63. The van der Waals surface area contributed by atoms with Gasteiger partial charge in [0.2, 0.25) is 5.91 Å². The number of amides is 1. The van der Waals surface area contributed by atoms with Crippen molar-refractivity contribution in [2.75, 3.05) is 25.5 Å². The Morgan fingerprint density at radius 2 is 1.94 bits per heavy atom. The summed E-state index contributed by atoms with van der Waals surface area (Å²) in [6.07, 6.45) is 8.63. The Bertz CT molecular complexity index is 1180. The first kappa shape index (κ1) is 21.5. The maximum atomic E-state index is 13.3. The summed E-state index contributed by atoms with van der Waals surface area (Å²) in [7, 11) is 0. The standard InChI is InChI=1S/C25H27N5O3S/c31-23(16-34-25-28-27-24(30(25)19-7-8-19)18-4-1-10-26-15-18)29-11-2-5-20(29)17-6-9-21-22(14-17)33-13-3-12-32-21/h1,4,6,9-10,14-15,19-20H,2-3,5,7-8,11-13,16H2/t20-/m0/s1. The van der Waals surface area contributed by atoms with Crippen molar-refractivity contribution in [3.05, 3.63) is 48.3 Å². The summed E-state index contributed by atoms with van der Waals surface area (Å²) < 4.78 is 13.8. The van der Waals surface area contributed by atoms with Gasteiger partial charge in [0.25, 0.3) is 0 Å². The van der Waals surface area contributed by atoms with E-state index >= 15 is 0 Å². The second-order valence-electron chi connectivity index (χ2n) is 8.94. The summed E-state index contributed by atoms with van der Waals surface area (Å²) in [5.41, 5.74) is 2.06. The number of rotatable bonds is 6. The highest BCUT2D eigenvalue weighted by Gasteiger charge is 2.33. The van der Waals surface area contributed by atoms with Gasteiger partial charge in [0, 0.05) is 37.0 Å². The number of ether oxygens (including phenoxy) is 2. The van der Waals surface area contributed by atoms with E-state index in [9.17, 15) is 4.79 Å². The zero-order valence-electron chi connectivity index (χ0n) is 18.9. The number of carbonyl (C=O) groups is 1. The largest absolute Gasteiger partial charge is 0.490 e. The molecule has 0 unspecified atom stereocenters. The van der Waals surface area contributed by atoms with E-state index in [0.29, 0.717) is 25.0 Å². The molecule has 1 atom stereocenters. The predicted molar refractivity (Wildman–Crippen MR) is 128 cm³/mol. The summed E-state index contributed by atoms with van der Waals surface area (Å²) in [6.45, 7) is 2.10. The summed E-state index contributed by atoms with van der Waals surface area (Å²) in [5, 5.41) is 9.68. The van der Waals surface area contributed by atoms with Gasteiger partial charge in [0.1, 0.15) is 0 Å². The van der Waals surface area contributed by atoms with Gasteiger partial charge in [-0.05, 0) is 55.5 Å². The topological polar surface area (TPSA) is 82.4 Å². The fraction of sp³-hybridized carbons (Fsp3) is 0.440. The highest BCUT2D eigenvalue weighted by atomic mass is 32.2. The molecule has 3 aromatic rings. The smallest absolute Gasteiger partial charge is 0.233 e. The van der Waals surface area contributed by atoms with Gasteiger partial charge in [-0.3, -0.25) is 14.3 Å². The summed E-state index contributed by atoms with van der Waals surface area (Å²) in [6, 6.07) is 10.5. The first-order valence-corrected chi connectivity index (χ1v) is 12.9. The lowest BCUT2D eigenvalue weighted by molar-refractivity contribution is -0.129. The number of thioether (sulfide) groups is 1. The SMILES string of the molecule is O=C(CSc1nnc(-c2cccnc2)n1C1CC1)N1CCC[C@H]1c1ccc2c(c1)OCCCO2. The number of benzene rings is 1.